The number of rotatable bonds is 3. The van der Waals surface area contributed by atoms with Crippen LogP contribution in [0.2, 0.25) is 5.15 Å². The van der Waals surface area contributed by atoms with E-state index in [0.717, 1.165) is 29.8 Å². The average Bonchev–Trinajstić information content (AvgIpc) is 2.47. The monoisotopic (exact) mass is 308 g/mol. The summed E-state index contributed by atoms with van der Waals surface area (Å²) in [6.45, 7) is 7.19. The summed E-state index contributed by atoms with van der Waals surface area (Å²) in [7, 11) is 0. The summed E-state index contributed by atoms with van der Waals surface area (Å²) in [6, 6.07) is 1.75. The van der Waals surface area contributed by atoms with E-state index >= 15 is 0 Å². The number of anilines is 1. The molecule has 112 valence electrons. The SMILES string of the molecule is CCOc1nc(C)nc2cc(Cl)nc(N3CCOCC3)c12. The van der Waals surface area contributed by atoms with Gasteiger partial charge in [-0.3, -0.25) is 0 Å². The molecule has 0 amide bonds. The highest BCUT2D eigenvalue weighted by molar-refractivity contribution is 6.30. The molecule has 3 heterocycles. The molecular weight excluding hydrogens is 292 g/mol. The van der Waals surface area contributed by atoms with Crippen molar-refractivity contribution < 1.29 is 9.47 Å². The molecule has 0 atom stereocenters. The average molecular weight is 309 g/mol. The molecule has 1 aliphatic rings. The van der Waals surface area contributed by atoms with Crippen LogP contribution < -0.4 is 9.64 Å². The first-order chi connectivity index (χ1) is 10.2. The van der Waals surface area contributed by atoms with Crippen molar-refractivity contribution in [2.45, 2.75) is 13.8 Å². The predicted octanol–water partition coefficient (Wildman–Crippen LogP) is 2.22. The highest BCUT2D eigenvalue weighted by Crippen LogP contribution is 2.33. The zero-order valence-corrected chi connectivity index (χ0v) is 12.9. The maximum absolute atomic E-state index is 6.15. The molecule has 0 N–H and O–H groups in total. The van der Waals surface area contributed by atoms with Gasteiger partial charge in [-0.25, -0.2) is 9.97 Å². The largest absolute Gasteiger partial charge is 0.477 e. The zero-order chi connectivity index (χ0) is 14.8. The Labute approximate surface area is 128 Å². The maximum atomic E-state index is 6.15. The van der Waals surface area contributed by atoms with Gasteiger partial charge < -0.3 is 14.4 Å². The van der Waals surface area contributed by atoms with Crippen molar-refractivity contribution in [3.05, 3.63) is 17.0 Å². The maximum Gasteiger partial charge on any atom is 0.228 e. The molecule has 2 aromatic heterocycles. The fourth-order valence-electron chi connectivity index (χ4n) is 2.43. The van der Waals surface area contributed by atoms with Crippen molar-refractivity contribution in [1.29, 1.82) is 0 Å². The quantitative estimate of drug-likeness (QED) is 0.810. The Morgan fingerprint density at radius 2 is 2.05 bits per heavy atom. The van der Waals surface area contributed by atoms with Crippen LogP contribution in [0.3, 0.4) is 0 Å². The number of pyridine rings is 1. The highest BCUT2D eigenvalue weighted by Gasteiger charge is 2.21. The number of morpholine rings is 1. The van der Waals surface area contributed by atoms with Gasteiger partial charge in [0.25, 0.3) is 0 Å². The third kappa shape index (κ3) is 2.87. The van der Waals surface area contributed by atoms with E-state index < -0.39 is 0 Å². The van der Waals surface area contributed by atoms with E-state index in [1.54, 1.807) is 6.07 Å². The van der Waals surface area contributed by atoms with E-state index in [2.05, 4.69) is 19.9 Å². The van der Waals surface area contributed by atoms with Crippen molar-refractivity contribution in [2.24, 2.45) is 0 Å². The summed E-state index contributed by atoms with van der Waals surface area (Å²) in [5, 5.41) is 1.23. The molecule has 0 bridgehead atoms. The Balaban J connectivity index is 2.21. The van der Waals surface area contributed by atoms with Gasteiger partial charge in [-0.2, -0.15) is 4.98 Å². The molecule has 0 aliphatic carbocycles. The number of fused-ring (bicyclic) bond motifs is 1. The van der Waals surface area contributed by atoms with Gasteiger partial charge in [0.2, 0.25) is 5.88 Å². The molecular formula is C14H17ClN4O2. The second-order valence-corrected chi connectivity index (χ2v) is 5.16. The Kier molecular flexibility index (Phi) is 4.07. The van der Waals surface area contributed by atoms with Gasteiger partial charge in [-0.15, -0.1) is 0 Å². The fourth-order valence-corrected chi connectivity index (χ4v) is 2.61. The molecule has 0 spiro atoms. The normalized spacial score (nSPS) is 15.5. The number of hydrogen-bond donors (Lipinski definition) is 0. The number of nitrogens with zero attached hydrogens (tertiary/aromatic N) is 4. The number of aryl methyl sites for hydroxylation is 1. The lowest BCUT2D eigenvalue weighted by Crippen LogP contribution is -2.37. The summed E-state index contributed by atoms with van der Waals surface area (Å²) in [5.41, 5.74) is 0.757. The second-order valence-electron chi connectivity index (χ2n) is 4.77. The molecule has 21 heavy (non-hydrogen) atoms. The van der Waals surface area contributed by atoms with Gasteiger partial charge in [0.15, 0.2) is 0 Å². The van der Waals surface area contributed by atoms with Gasteiger partial charge in [-0.1, -0.05) is 11.6 Å². The Hall–Kier alpha value is -1.66. The van der Waals surface area contributed by atoms with E-state index in [9.17, 15) is 0 Å². The van der Waals surface area contributed by atoms with Crippen molar-refractivity contribution in [3.63, 3.8) is 0 Å². The first-order valence-corrected chi connectivity index (χ1v) is 7.37. The molecule has 2 aromatic rings. The Morgan fingerprint density at radius 3 is 2.76 bits per heavy atom. The first kappa shape index (κ1) is 14.3. The van der Waals surface area contributed by atoms with Gasteiger partial charge >= 0.3 is 0 Å². The number of aromatic nitrogens is 3. The predicted molar refractivity (Wildman–Crippen MR) is 81.3 cm³/mol. The number of hydrogen-bond acceptors (Lipinski definition) is 6. The number of ether oxygens (including phenoxy) is 2. The van der Waals surface area contributed by atoms with E-state index in [1.807, 2.05) is 13.8 Å². The van der Waals surface area contributed by atoms with E-state index in [4.69, 9.17) is 21.1 Å². The van der Waals surface area contributed by atoms with Crippen molar-refractivity contribution >= 4 is 28.3 Å². The molecule has 0 radical (unpaired) electrons. The topological polar surface area (TPSA) is 60.4 Å². The van der Waals surface area contributed by atoms with Crippen LogP contribution in [0.25, 0.3) is 10.9 Å². The molecule has 7 heteroatoms. The summed E-state index contributed by atoms with van der Waals surface area (Å²) < 4.78 is 11.1. The third-order valence-corrected chi connectivity index (χ3v) is 3.49. The van der Waals surface area contributed by atoms with Crippen molar-refractivity contribution in [3.8, 4) is 5.88 Å². The van der Waals surface area contributed by atoms with Gasteiger partial charge in [0, 0.05) is 19.2 Å². The zero-order valence-electron chi connectivity index (χ0n) is 12.1. The van der Waals surface area contributed by atoms with Gasteiger partial charge in [0.1, 0.15) is 22.2 Å². The van der Waals surface area contributed by atoms with Gasteiger partial charge in [0.05, 0.1) is 25.3 Å². The molecule has 6 nitrogen and oxygen atoms in total. The smallest absolute Gasteiger partial charge is 0.228 e. The lowest BCUT2D eigenvalue weighted by molar-refractivity contribution is 0.122. The third-order valence-electron chi connectivity index (χ3n) is 3.30. The van der Waals surface area contributed by atoms with Crippen LogP contribution in [0.1, 0.15) is 12.7 Å². The lowest BCUT2D eigenvalue weighted by Gasteiger charge is -2.29. The molecule has 3 rings (SSSR count). The van der Waals surface area contributed by atoms with Crippen LogP contribution in [0.15, 0.2) is 6.07 Å². The second kappa shape index (κ2) is 5.99. The number of halogens is 1. The molecule has 0 aromatic carbocycles. The summed E-state index contributed by atoms with van der Waals surface area (Å²) in [6.07, 6.45) is 0. The van der Waals surface area contributed by atoms with Crippen LogP contribution in [0.5, 0.6) is 5.88 Å². The molecule has 0 saturated carbocycles. The highest BCUT2D eigenvalue weighted by atomic mass is 35.5. The van der Waals surface area contributed by atoms with Crippen LogP contribution >= 0.6 is 11.6 Å². The minimum atomic E-state index is 0.421. The van der Waals surface area contributed by atoms with Crippen LogP contribution in [0.4, 0.5) is 5.82 Å². The summed E-state index contributed by atoms with van der Waals surface area (Å²) >= 11 is 6.15. The minimum absolute atomic E-state index is 0.421. The molecule has 0 unspecified atom stereocenters. The molecule has 1 fully saturated rings. The molecule has 1 saturated heterocycles. The summed E-state index contributed by atoms with van der Waals surface area (Å²) in [5.74, 6) is 1.98. The standard InChI is InChI=1S/C14H17ClN4O2/c1-3-21-14-12-10(16-9(2)17-14)8-11(15)18-13(12)19-4-6-20-7-5-19/h8H,3-7H2,1-2H3. The summed E-state index contributed by atoms with van der Waals surface area (Å²) in [4.78, 5) is 15.5. The minimum Gasteiger partial charge on any atom is -0.477 e. The van der Waals surface area contributed by atoms with Crippen molar-refractivity contribution in [2.75, 3.05) is 37.8 Å². The van der Waals surface area contributed by atoms with E-state index in [0.29, 0.717) is 36.7 Å². The Bertz CT molecular complexity index is 654. The Morgan fingerprint density at radius 1 is 1.29 bits per heavy atom. The molecule has 1 aliphatic heterocycles. The van der Waals surface area contributed by atoms with Crippen LogP contribution in [-0.4, -0.2) is 47.9 Å². The fraction of sp³-hybridized carbons (Fsp3) is 0.500. The van der Waals surface area contributed by atoms with Gasteiger partial charge in [-0.05, 0) is 13.8 Å². The van der Waals surface area contributed by atoms with Crippen LogP contribution in [0, 0.1) is 6.92 Å². The van der Waals surface area contributed by atoms with E-state index in [-0.39, 0.29) is 0 Å². The first-order valence-electron chi connectivity index (χ1n) is 6.99. The van der Waals surface area contributed by atoms with Crippen molar-refractivity contribution in [1.82, 2.24) is 15.0 Å². The van der Waals surface area contributed by atoms with Crippen LogP contribution in [-0.2, 0) is 4.74 Å². The van der Waals surface area contributed by atoms with E-state index in [1.165, 1.54) is 0 Å². The lowest BCUT2D eigenvalue weighted by atomic mass is 10.2.